The number of likely N-dealkylation sites (tertiary alicyclic amines) is 1. The van der Waals surface area contributed by atoms with Gasteiger partial charge in [-0.15, -0.1) is 0 Å². The summed E-state index contributed by atoms with van der Waals surface area (Å²) in [6.45, 7) is 9.95. The molecule has 2 heterocycles. The lowest BCUT2D eigenvalue weighted by molar-refractivity contribution is 0.229. The number of rotatable bonds is 3. The third kappa shape index (κ3) is 3.18. The minimum atomic E-state index is 0.830. The third-order valence-corrected chi connectivity index (χ3v) is 4.14. The van der Waals surface area contributed by atoms with Crippen molar-refractivity contribution in [1.29, 1.82) is 0 Å². The van der Waals surface area contributed by atoms with Crippen LogP contribution in [0.2, 0.25) is 0 Å². The van der Waals surface area contributed by atoms with Gasteiger partial charge in [0.1, 0.15) is 0 Å². The monoisotopic (exact) mass is 210 g/mol. The molecular weight excluding hydrogens is 184 g/mol. The largest absolute Gasteiger partial charge is 0.316 e. The first-order chi connectivity index (χ1) is 7.25. The number of hydrogen-bond donors (Lipinski definition) is 1. The van der Waals surface area contributed by atoms with Crippen LogP contribution in [-0.2, 0) is 0 Å². The van der Waals surface area contributed by atoms with Gasteiger partial charge in [-0.25, -0.2) is 0 Å². The second kappa shape index (κ2) is 5.31. The molecule has 0 spiro atoms. The minimum absolute atomic E-state index is 0.830. The van der Waals surface area contributed by atoms with E-state index in [9.17, 15) is 0 Å². The Hall–Kier alpha value is -0.0800. The van der Waals surface area contributed by atoms with Gasteiger partial charge in [0, 0.05) is 12.6 Å². The average Bonchev–Trinajstić information content (AvgIpc) is 2.56. The van der Waals surface area contributed by atoms with E-state index in [1.807, 2.05) is 0 Å². The number of hydrogen-bond acceptors (Lipinski definition) is 2. The molecule has 3 unspecified atom stereocenters. The first kappa shape index (κ1) is 11.4. The van der Waals surface area contributed by atoms with Gasteiger partial charge < -0.3 is 10.2 Å². The highest BCUT2D eigenvalue weighted by atomic mass is 15.2. The number of nitrogens with zero attached hydrogens (tertiary/aromatic N) is 1. The molecule has 0 aliphatic carbocycles. The lowest BCUT2D eigenvalue weighted by atomic mass is 9.96. The molecule has 2 aliphatic heterocycles. The molecule has 0 amide bonds. The first-order valence-electron chi connectivity index (χ1n) is 6.70. The Bertz CT molecular complexity index is 187. The highest BCUT2D eigenvalue weighted by Crippen LogP contribution is 2.24. The molecule has 0 saturated carbocycles. The zero-order valence-electron chi connectivity index (χ0n) is 10.3. The number of nitrogens with one attached hydrogen (secondary N) is 1. The predicted octanol–water partition coefficient (Wildman–Crippen LogP) is 2.11. The summed E-state index contributed by atoms with van der Waals surface area (Å²) in [6.07, 6.45) is 5.65. The third-order valence-electron chi connectivity index (χ3n) is 4.14. The van der Waals surface area contributed by atoms with Crippen LogP contribution >= 0.6 is 0 Å². The van der Waals surface area contributed by atoms with E-state index in [2.05, 4.69) is 24.1 Å². The van der Waals surface area contributed by atoms with E-state index in [4.69, 9.17) is 0 Å². The number of piperidine rings is 1. The lowest BCUT2D eigenvalue weighted by Crippen LogP contribution is -2.34. The highest BCUT2D eigenvalue weighted by Gasteiger charge is 2.26. The van der Waals surface area contributed by atoms with Crippen molar-refractivity contribution in [2.24, 2.45) is 11.8 Å². The second-order valence-electron chi connectivity index (χ2n) is 5.69. The van der Waals surface area contributed by atoms with Gasteiger partial charge in [0.2, 0.25) is 0 Å². The van der Waals surface area contributed by atoms with Crippen molar-refractivity contribution in [2.75, 3.05) is 26.2 Å². The molecule has 0 aromatic carbocycles. The summed E-state index contributed by atoms with van der Waals surface area (Å²) in [5.41, 5.74) is 0. The van der Waals surface area contributed by atoms with Crippen molar-refractivity contribution in [2.45, 2.75) is 45.6 Å². The fourth-order valence-electron chi connectivity index (χ4n) is 3.22. The van der Waals surface area contributed by atoms with E-state index < -0.39 is 0 Å². The van der Waals surface area contributed by atoms with Crippen LogP contribution < -0.4 is 5.32 Å². The molecule has 2 fully saturated rings. The van der Waals surface area contributed by atoms with Crippen LogP contribution in [0.15, 0.2) is 0 Å². The van der Waals surface area contributed by atoms with Gasteiger partial charge in [-0.05, 0) is 64.1 Å². The van der Waals surface area contributed by atoms with Crippen LogP contribution in [-0.4, -0.2) is 37.1 Å². The molecule has 3 atom stereocenters. The molecule has 2 nitrogen and oxygen atoms in total. The molecule has 2 heteroatoms. The van der Waals surface area contributed by atoms with Gasteiger partial charge in [-0.2, -0.15) is 0 Å². The maximum absolute atomic E-state index is 3.51. The van der Waals surface area contributed by atoms with Crippen molar-refractivity contribution in [3.63, 3.8) is 0 Å². The molecule has 1 N–H and O–H groups in total. The van der Waals surface area contributed by atoms with E-state index in [0.29, 0.717) is 0 Å². The van der Waals surface area contributed by atoms with Crippen LogP contribution in [0.3, 0.4) is 0 Å². The predicted molar refractivity (Wildman–Crippen MR) is 65.0 cm³/mol. The summed E-state index contributed by atoms with van der Waals surface area (Å²) >= 11 is 0. The first-order valence-corrected chi connectivity index (χ1v) is 6.70. The van der Waals surface area contributed by atoms with E-state index in [1.54, 1.807) is 0 Å². The van der Waals surface area contributed by atoms with Crippen molar-refractivity contribution in [3.05, 3.63) is 0 Å². The Kier molecular flexibility index (Phi) is 4.04. The summed E-state index contributed by atoms with van der Waals surface area (Å²) < 4.78 is 0. The summed E-state index contributed by atoms with van der Waals surface area (Å²) in [5.74, 6) is 1.87. The van der Waals surface area contributed by atoms with Crippen molar-refractivity contribution >= 4 is 0 Å². The fourth-order valence-corrected chi connectivity index (χ4v) is 3.22. The zero-order chi connectivity index (χ0) is 10.7. The smallest absolute Gasteiger partial charge is 0.00700 e. The zero-order valence-corrected chi connectivity index (χ0v) is 10.3. The molecule has 15 heavy (non-hydrogen) atoms. The highest BCUT2D eigenvalue weighted by molar-refractivity contribution is 4.81. The van der Waals surface area contributed by atoms with Gasteiger partial charge in [0.15, 0.2) is 0 Å². The van der Waals surface area contributed by atoms with Crippen molar-refractivity contribution < 1.29 is 0 Å². The SMILES string of the molecule is CC1CC(C)N(CCC2CCCNC2)C1. The Labute approximate surface area is 94.4 Å². The Balaban J connectivity index is 1.68. The van der Waals surface area contributed by atoms with Crippen LogP contribution in [0.25, 0.3) is 0 Å². The normalized spacial score (nSPS) is 38.4. The summed E-state index contributed by atoms with van der Waals surface area (Å²) in [7, 11) is 0. The van der Waals surface area contributed by atoms with Gasteiger partial charge in [0.05, 0.1) is 0 Å². The average molecular weight is 210 g/mol. The standard InChI is InChI=1S/C13H26N2/c1-11-8-12(2)15(10-11)7-5-13-4-3-6-14-9-13/h11-14H,3-10H2,1-2H3. The summed E-state index contributed by atoms with van der Waals surface area (Å²) in [5, 5.41) is 3.51. The Morgan fingerprint density at radius 1 is 1.33 bits per heavy atom. The van der Waals surface area contributed by atoms with Gasteiger partial charge in [-0.1, -0.05) is 6.92 Å². The van der Waals surface area contributed by atoms with Crippen LogP contribution in [0.4, 0.5) is 0 Å². The molecule has 2 aliphatic rings. The minimum Gasteiger partial charge on any atom is -0.316 e. The molecule has 0 radical (unpaired) electrons. The molecule has 0 aromatic heterocycles. The Morgan fingerprint density at radius 3 is 2.80 bits per heavy atom. The molecule has 0 aromatic rings. The molecule has 0 bridgehead atoms. The van der Waals surface area contributed by atoms with E-state index in [-0.39, 0.29) is 0 Å². The molecule has 88 valence electrons. The van der Waals surface area contributed by atoms with E-state index in [0.717, 1.165) is 17.9 Å². The Morgan fingerprint density at radius 2 is 2.20 bits per heavy atom. The van der Waals surface area contributed by atoms with Gasteiger partial charge in [0.25, 0.3) is 0 Å². The van der Waals surface area contributed by atoms with Crippen molar-refractivity contribution in [1.82, 2.24) is 10.2 Å². The van der Waals surface area contributed by atoms with Gasteiger partial charge in [-0.3, -0.25) is 0 Å². The lowest BCUT2D eigenvalue weighted by Gasteiger charge is -2.27. The maximum Gasteiger partial charge on any atom is 0.00700 e. The summed E-state index contributed by atoms with van der Waals surface area (Å²) in [4.78, 5) is 2.69. The quantitative estimate of drug-likeness (QED) is 0.767. The maximum atomic E-state index is 3.51. The molecular formula is C13H26N2. The van der Waals surface area contributed by atoms with Crippen molar-refractivity contribution in [3.8, 4) is 0 Å². The van der Waals surface area contributed by atoms with Crippen LogP contribution in [0.1, 0.15) is 39.5 Å². The molecule has 2 rings (SSSR count). The van der Waals surface area contributed by atoms with E-state index >= 15 is 0 Å². The fraction of sp³-hybridized carbons (Fsp3) is 1.00. The second-order valence-corrected chi connectivity index (χ2v) is 5.69. The van der Waals surface area contributed by atoms with E-state index in [1.165, 1.54) is 51.9 Å². The molecule has 2 saturated heterocycles. The van der Waals surface area contributed by atoms with Gasteiger partial charge >= 0.3 is 0 Å². The topological polar surface area (TPSA) is 15.3 Å². The van der Waals surface area contributed by atoms with Crippen LogP contribution in [0.5, 0.6) is 0 Å². The summed E-state index contributed by atoms with van der Waals surface area (Å²) in [6, 6.07) is 0.830. The van der Waals surface area contributed by atoms with Crippen LogP contribution in [0, 0.1) is 11.8 Å².